The molecule has 0 aromatic heterocycles. The summed E-state index contributed by atoms with van der Waals surface area (Å²) in [6, 6.07) is 18.7. The molecule has 2 aromatic carbocycles. The second kappa shape index (κ2) is 8.36. The van der Waals surface area contributed by atoms with Gasteiger partial charge in [0, 0.05) is 19.3 Å². The smallest absolute Gasteiger partial charge is 0.303 e. The van der Waals surface area contributed by atoms with Gasteiger partial charge < -0.3 is 14.6 Å². The normalized spacial score (nSPS) is 12.1. The average Bonchev–Trinajstić information content (AvgIpc) is 2.53. The molecule has 0 aliphatic rings. The Bertz CT molecular complexity index is 640. The van der Waals surface area contributed by atoms with Crippen molar-refractivity contribution in [3.63, 3.8) is 0 Å². The largest absolute Gasteiger partial charge is 0.470 e. The lowest BCUT2D eigenvalue weighted by Crippen LogP contribution is -2.37. The molecule has 0 aliphatic carbocycles. The van der Waals surface area contributed by atoms with E-state index in [-0.39, 0.29) is 12.8 Å². The SMILES string of the molecule is O=CCCC(Cc1ccccc1)(Cc1ccccc1)OP(=O)(O)O. The Labute approximate surface area is 141 Å². The molecular formula is C18H21O5P. The summed E-state index contributed by atoms with van der Waals surface area (Å²) >= 11 is 0. The molecule has 6 heteroatoms. The van der Waals surface area contributed by atoms with Crippen molar-refractivity contribution in [1.82, 2.24) is 0 Å². The van der Waals surface area contributed by atoms with Gasteiger partial charge in [0.25, 0.3) is 0 Å². The van der Waals surface area contributed by atoms with Crippen LogP contribution in [0.4, 0.5) is 0 Å². The second-order valence-electron chi connectivity index (χ2n) is 5.79. The van der Waals surface area contributed by atoms with Gasteiger partial charge in [-0.25, -0.2) is 4.57 Å². The second-order valence-corrected chi connectivity index (χ2v) is 6.96. The Morgan fingerprint density at radius 2 is 1.38 bits per heavy atom. The van der Waals surface area contributed by atoms with E-state index < -0.39 is 13.4 Å². The van der Waals surface area contributed by atoms with Gasteiger partial charge in [0.15, 0.2) is 0 Å². The van der Waals surface area contributed by atoms with Crippen molar-refractivity contribution in [3.05, 3.63) is 71.8 Å². The molecule has 2 rings (SSSR count). The molecule has 0 saturated heterocycles. The first-order chi connectivity index (χ1) is 11.4. The van der Waals surface area contributed by atoms with Crippen LogP contribution in [0.5, 0.6) is 0 Å². The first kappa shape index (κ1) is 18.6. The summed E-state index contributed by atoms with van der Waals surface area (Å²) in [6.07, 6.45) is 1.75. The van der Waals surface area contributed by atoms with E-state index in [0.29, 0.717) is 12.8 Å². The van der Waals surface area contributed by atoms with Crippen LogP contribution in [0.3, 0.4) is 0 Å². The van der Waals surface area contributed by atoms with Crippen molar-refractivity contribution >= 4 is 14.1 Å². The first-order valence-electron chi connectivity index (χ1n) is 7.70. The number of phosphoric acid groups is 1. The van der Waals surface area contributed by atoms with E-state index >= 15 is 0 Å². The topological polar surface area (TPSA) is 83.8 Å². The summed E-state index contributed by atoms with van der Waals surface area (Å²) < 4.78 is 16.8. The molecule has 24 heavy (non-hydrogen) atoms. The van der Waals surface area contributed by atoms with Gasteiger partial charge in [0.2, 0.25) is 0 Å². The molecular weight excluding hydrogens is 327 g/mol. The third-order valence-electron chi connectivity index (χ3n) is 3.77. The zero-order chi connectivity index (χ0) is 17.5. The molecule has 0 saturated carbocycles. The van der Waals surface area contributed by atoms with Gasteiger partial charge >= 0.3 is 7.82 Å². The molecule has 0 amide bonds. The highest BCUT2D eigenvalue weighted by atomic mass is 31.2. The van der Waals surface area contributed by atoms with E-state index in [1.54, 1.807) is 0 Å². The van der Waals surface area contributed by atoms with Gasteiger partial charge in [0.1, 0.15) is 6.29 Å². The molecule has 128 valence electrons. The lowest BCUT2D eigenvalue weighted by Gasteiger charge is -2.34. The molecule has 0 aliphatic heterocycles. The van der Waals surface area contributed by atoms with Crippen LogP contribution in [-0.4, -0.2) is 21.7 Å². The highest BCUT2D eigenvalue weighted by molar-refractivity contribution is 7.46. The van der Waals surface area contributed by atoms with Gasteiger partial charge in [-0.05, 0) is 17.5 Å². The lowest BCUT2D eigenvalue weighted by atomic mass is 9.84. The van der Waals surface area contributed by atoms with Gasteiger partial charge in [-0.2, -0.15) is 0 Å². The van der Waals surface area contributed by atoms with Crippen LogP contribution < -0.4 is 0 Å². The molecule has 0 atom stereocenters. The maximum Gasteiger partial charge on any atom is 0.470 e. The predicted molar refractivity (Wildman–Crippen MR) is 91.5 cm³/mol. The number of hydrogen-bond donors (Lipinski definition) is 2. The summed E-state index contributed by atoms with van der Waals surface area (Å²) in [6.45, 7) is 0. The van der Waals surface area contributed by atoms with Crippen LogP contribution in [0.2, 0.25) is 0 Å². The highest BCUT2D eigenvalue weighted by Gasteiger charge is 2.38. The number of benzene rings is 2. The number of aldehydes is 1. The van der Waals surface area contributed by atoms with Crippen molar-refractivity contribution in [2.75, 3.05) is 0 Å². The van der Waals surface area contributed by atoms with E-state index in [1.165, 1.54) is 0 Å². The lowest BCUT2D eigenvalue weighted by molar-refractivity contribution is -0.109. The number of rotatable bonds is 9. The van der Waals surface area contributed by atoms with E-state index in [9.17, 15) is 19.1 Å². The van der Waals surface area contributed by atoms with E-state index in [1.807, 2.05) is 60.7 Å². The molecule has 2 aromatic rings. The van der Waals surface area contributed by atoms with Crippen LogP contribution in [0, 0.1) is 0 Å². The molecule has 0 radical (unpaired) electrons. The number of carbonyl (C=O) groups excluding carboxylic acids is 1. The quantitative estimate of drug-likeness (QED) is 0.537. The molecule has 0 heterocycles. The third kappa shape index (κ3) is 6.02. The van der Waals surface area contributed by atoms with Crippen LogP contribution in [0.15, 0.2) is 60.7 Å². The molecule has 5 nitrogen and oxygen atoms in total. The Hall–Kier alpha value is -1.78. The van der Waals surface area contributed by atoms with Crippen molar-refractivity contribution in [1.29, 1.82) is 0 Å². The van der Waals surface area contributed by atoms with Gasteiger partial charge in [-0.15, -0.1) is 0 Å². The third-order valence-corrected chi connectivity index (χ3v) is 4.39. The fourth-order valence-electron chi connectivity index (χ4n) is 2.86. The predicted octanol–water partition coefficient (Wildman–Crippen LogP) is 3.30. The zero-order valence-corrected chi connectivity index (χ0v) is 14.1. The summed E-state index contributed by atoms with van der Waals surface area (Å²) in [5.41, 5.74) is 0.642. The Morgan fingerprint density at radius 1 is 0.917 bits per heavy atom. The van der Waals surface area contributed by atoms with Crippen LogP contribution in [0.25, 0.3) is 0 Å². The van der Waals surface area contributed by atoms with Crippen molar-refractivity contribution in [2.45, 2.75) is 31.3 Å². The number of hydrogen-bond acceptors (Lipinski definition) is 3. The molecule has 0 fully saturated rings. The van der Waals surface area contributed by atoms with Crippen molar-refractivity contribution in [2.24, 2.45) is 0 Å². The fraction of sp³-hybridized carbons (Fsp3) is 0.278. The zero-order valence-electron chi connectivity index (χ0n) is 13.2. The van der Waals surface area contributed by atoms with Crippen LogP contribution >= 0.6 is 7.82 Å². The van der Waals surface area contributed by atoms with E-state index in [0.717, 1.165) is 17.4 Å². The molecule has 0 unspecified atom stereocenters. The number of phosphoric ester groups is 1. The standard InChI is InChI=1S/C18H21O5P/c19-13-7-12-18(23-24(20,21)22,14-16-8-3-1-4-9-16)15-17-10-5-2-6-11-17/h1-6,8-11,13H,7,12,14-15H2,(H2,20,21,22). The van der Waals surface area contributed by atoms with Crippen molar-refractivity contribution < 1.29 is 23.7 Å². The van der Waals surface area contributed by atoms with Gasteiger partial charge in [0.05, 0.1) is 5.60 Å². The van der Waals surface area contributed by atoms with Crippen molar-refractivity contribution in [3.8, 4) is 0 Å². The Morgan fingerprint density at radius 3 is 1.75 bits per heavy atom. The maximum atomic E-state index is 11.6. The number of carbonyl (C=O) groups is 1. The van der Waals surface area contributed by atoms with E-state index in [2.05, 4.69) is 0 Å². The molecule has 0 spiro atoms. The minimum atomic E-state index is -4.72. The van der Waals surface area contributed by atoms with E-state index in [4.69, 9.17) is 4.52 Å². The molecule has 0 bridgehead atoms. The van der Waals surface area contributed by atoms with Crippen LogP contribution in [0.1, 0.15) is 24.0 Å². The average molecular weight is 348 g/mol. The molecule has 2 N–H and O–H groups in total. The summed E-state index contributed by atoms with van der Waals surface area (Å²) in [5, 5.41) is 0. The van der Waals surface area contributed by atoms with Gasteiger partial charge in [-0.3, -0.25) is 4.52 Å². The minimum Gasteiger partial charge on any atom is -0.303 e. The highest BCUT2D eigenvalue weighted by Crippen LogP contribution is 2.45. The summed E-state index contributed by atoms with van der Waals surface area (Å²) in [4.78, 5) is 29.7. The Balaban J connectivity index is 2.37. The minimum absolute atomic E-state index is 0.166. The fourth-order valence-corrected chi connectivity index (χ4v) is 3.58. The monoisotopic (exact) mass is 348 g/mol. The summed E-state index contributed by atoms with van der Waals surface area (Å²) in [5.74, 6) is 0. The maximum absolute atomic E-state index is 11.6. The Kier molecular flexibility index (Phi) is 6.46. The summed E-state index contributed by atoms with van der Waals surface area (Å²) in [7, 11) is -4.72. The van der Waals surface area contributed by atoms with Gasteiger partial charge in [-0.1, -0.05) is 60.7 Å². The van der Waals surface area contributed by atoms with Crippen LogP contribution in [-0.2, 0) is 26.7 Å². The first-order valence-corrected chi connectivity index (χ1v) is 9.23.